The highest BCUT2D eigenvalue weighted by atomic mass is 32.2. The number of ketones is 1. The summed E-state index contributed by atoms with van der Waals surface area (Å²) in [4.78, 5) is 14.8. The number of nitrogens with one attached hydrogen (secondary N) is 1. The molecule has 2 atom stereocenters. The number of carbonyl (C=O) groups is 1. The Morgan fingerprint density at radius 1 is 1.28 bits per heavy atom. The summed E-state index contributed by atoms with van der Waals surface area (Å²) in [6.07, 6.45) is 2.21. The largest absolute Gasteiger partial charge is 0.379 e. The molecular formula is C18H32N2O4S. The number of ether oxygens (including phenoxy) is 1. The number of rotatable bonds is 6. The van der Waals surface area contributed by atoms with Crippen molar-refractivity contribution in [1.29, 1.82) is 0 Å². The van der Waals surface area contributed by atoms with Gasteiger partial charge in [-0.15, -0.1) is 0 Å². The first-order chi connectivity index (χ1) is 11.5. The van der Waals surface area contributed by atoms with Gasteiger partial charge in [-0.05, 0) is 38.0 Å². The van der Waals surface area contributed by atoms with Crippen LogP contribution in [0.25, 0.3) is 0 Å². The van der Waals surface area contributed by atoms with Crippen LogP contribution in [0.1, 0.15) is 47.0 Å². The van der Waals surface area contributed by atoms with E-state index in [1.807, 2.05) is 0 Å². The summed E-state index contributed by atoms with van der Waals surface area (Å²) in [5, 5.41) is 0. The minimum absolute atomic E-state index is 0.0679. The molecule has 2 aliphatic carbocycles. The second-order valence-electron chi connectivity index (χ2n) is 9.16. The van der Waals surface area contributed by atoms with Gasteiger partial charge in [-0.1, -0.05) is 13.8 Å². The van der Waals surface area contributed by atoms with Crippen LogP contribution < -0.4 is 4.72 Å². The van der Waals surface area contributed by atoms with Gasteiger partial charge < -0.3 is 4.74 Å². The fourth-order valence-corrected chi connectivity index (χ4v) is 7.05. The van der Waals surface area contributed by atoms with Crippen molar-refractivity contribution >= 4 is 15.8 Å². The van der Waals surface area contributed by atoms with Crippen LogP contribution in [0.5, 0.6) is 0 Å². The lowest BCUT2D eigenvalue weighted by Crippen LogP contribution is -2.56. The molecule has 2 bridgehead atoms. The van der Waals surface area contributed by atoms with Gasteiger partial charge in [-0.25, -0.2) is 13.1 Å². The van der Waals surface area contributed by atoms with Crippen molar-refractivity contribution in [3.8, 4) is 0 Å². The molecule has 144 valence electrons. The molecule has 0 aromatic heterocycles. The number of carbonyl (C=O) groups excluding carboxylic acids is 1. The Bertz CT molecular complexity index is 637. The minimum atomic E-state index is -3.51. The Labute approximate surface area is 151 Å². The molecule has 3 fully saturated rings. The maximum atomic E-state index is 12.8. The summed E-state index contributed by atoms with van der Waals surface area (Å²) < 4.78 is 33.8. The smallest absolute Gasteiger partial charge is 0.212 e. The topological polar surface area (TPSA) is 75.7 Å². The van der Waals surface area contributed by atoms with Gasteiger partial charge in [-0.3, -0.25) is 9.69 Å². The second kappa shape index (κ2) is 6.29. The highest BCUT2D eigenvalue weighted by Gasteiger charge is 2.65. The van der Waals surface area contributed by atoms with Crippen LogP contribution in [0.3, 0.4) is 0 Å². The van der Waals surface area contributed by atoms with Crippen LogP contribution >= 0.6 is 0 Å². The Morgan fingerprint density at radius 3 is 2.44 bits per heavy atom. The zero-order valence-electron chi connectivity index (χ0n) is 15.9. The molecule has 1 saturated heterocycles. The van der Waals surface area contributed by atoms with E-state index in [1.165, 1.54) is 0 Å². The van der Waals surface area contributed by atoms with Crippen molar-refractivity contribution in [2.24, 2.45) is 16.7 Å². The Hall–Kier alpha value is -0.500. The Morgan fingerprint density at radius 2 is 1.92 bits per heavy atom. The van der Waals surface area contributed by atoms with Crippen LogP contribution in [0.4, 0.5) is 0 Å². The van der Waals surface area contributed by atoms with Gasteiger partial charge in [0.15, 0.2) is 0 Å². The van der Waals surface area contributed by atoms with Crippen LogP contribution in [0.2, 0.25) is 0 Å². The first kappa shape index (κ1) is 19.3. The standard InChI is InChI=1S/C18H32N2O4S/c1-16(2,20-7-9-24-10-8-20)12-19-25(22,23)13-18-6-5-14(11-15(18)21)17(18,3)4/h14,19H,5-13H2,1-4H3/t14-,18-/m0/s1. The maximum Gasteiger partial charge on any atom is 0.212 e. The molecule has 1 aliphatic heterocycles. The van der Waals surface area contributed by atoms with E-state index in [4.69, 9.17) is 4.74 Å². The molecule has 3 rings (SSSR count). The molecule has 6 nitrogen and oxygen atoms in total. The molecule has 0 amide bonds. The van der Waals surface area contributed by atoms with Crippen molar-refractivity contribution in [2.45, 2.75) is 52.5 Å². The number of morpholine rings is 1. The SMILES string of the molecule is CC(C)(CNS(=O)(=O)C[C@@]12CC[C@@H](CC1=O)C2(C)C)N1CCOCC1. The maximum absolute atomic E-state index is 12.8. The molecule has 1 N–H and O–H groups in total. The normalized spacial score (nSPS) is 33.1. The van der Waals surface area contributed by atoms with E-state index in [0.29, 0.717) is 38.5 Å². The number of sulfonamides is 1. The third-order valence-corrected chi connectivity index (χ3v) is 8.62. The van der Waals surface area contributed by atoms with Crippen LogP contribution in [0.15, 0.2) is 0 Å². The number of nitrogens with zero attached hydrogens (tertiary/aromatic N) is 1. The number of hydrogen-bond acceptors (Lipinski definition) is 5. The molecule has 0 spiro atoms. The first-order valence-corrected chi connectivity index (χ1v) is 11.0. The van der Waals surface area contributed by atoms with E-state index in [9.17, 15) is 13.2 Å². The lowest BCUT2D eigenvalue weighted by Gasteiger charge is -2.41. The van der Waals surface area contributed by atoms with E-state index in [-0.39, 0.29) is 22.5 Å². The van der Waals surface area contributed by atoms with Gasteiger partial charge in [0, 0.05) is 37.0 Å². The predicted molar refractivity (Wildman–Crippen MR) is 96.8 cm³/mol. The molecule has 0 aromatic rings. The van der Waals surface area contributed by atoms with E-state index in [2.05, 4.69) is 37.3 Å². The predicted octanol–water partition coefficient (Wildman–Crippen LogP) is 1.41. The molecule has 25 heavy (non-hydrogen) atoms. The van der Waals surface area contributed by atoms with E-state index in [0.717, 1.165) is 19.5 Å². The molecule has 0 radical (unpaired) electrons. The number of Topliss-reactive ketones (excluding diaryl/α,β-unsaturated/α-hetero) is 1. The Kier molecular flexibility index (Phi) is 4.85. The molecule has 7 heteroatoms. The monoisotopic (exact) mass is 372 g/mol. The van der Waals surface area contributed by atoms with Crippen LogP contribution in [-0.4, -0.2) is 63.2 Å². The van der Waals surface area contributed by atoms with Crippen molar-refractivity contribution in [3.63, 3.8) is 0 Å². The summed E-state index contributed by atoms with van der Waals surface area (Å²) in [6.45, 7) is 11.6. The zero-order valence-corrected chi connectivity index (χ0v) is 16.7. The fourth-order valence-electron chi connectivity index (χ4n) is 5.05. The van der Waals surface area contributed by atoms with E-state index in [1.54, 1.807) is 0 Å². The van der Waals surface area contributed by atoms with Crippen LogP contribution in [-0.2, 0) is 19.6 Å². The van der Waals surface area contributed by atoms with Crippen molar-refractivity contribution in [1.82, 2.24) is 9.62 Å². The van der Waals surface area contributed by atoms with Crippen molar-refractivity contribution < 1.29 is 17.9 Å². The quantitative estimate of drug-likeness (QED) is 0.763. The summed E-state index contributed by atoms with van der Waals surface area (Å²) in [6, 6.07) is 0. The summed E-state index contributed by atoms with van der Waals surface area (Å²) in [5.74, 6) is 0.410. The Balaban J connectivity index is 1.67. The van der Waals surface area contributed by atoms with Gasteiger partial charge in [-0.2, -0.15) is 0 Å². The third-order valence-electron chi connectivity index (χ3n) is 7.17. The highest BCUT2D eigenvalue weighted by molar-refractivity contribution is 7.89. The lowest BCUT2D eigenvalue weighted by molar-refractivity contribution is -0.128. The lowest BCUT2D eigenvalue weighted by atomic mass is 9.70. The molecule has 2 saturated carbocycles. The number of hydrogen-bond donors (Lipinski definition) is 1. The van der Waals surface area contributed by atoms with Crippen LogP contribution in [0, 0.1) is 16.7 Å². The molecule has 3 aliphatic rings. The zero-order chi connectivity index (χ0) is 18.5. The van der Waals surface area contributed by atoms with Gasteiger partial charge in [0.1, 0.15) is 5.78 Å². The number of fused-ring (bicyclic) bond motifs is 2. The fraction of sp³-hybridized carbons (Fsp3) is 0.944. The summed E-state index contributed by atoms with van der Waals surface area (Å²) in [7, 11) is -3.51. The molecule has 1 heterocycles. The summed E-state index contributed by atoms with van der Waals surface area (Å²) >= 11 is 0. The molecule has 0 unspecified atom stereocenters. The first-order valence-electron chi connectivity index (χ1n) is 9.34. The average molecular weight is 373 g/mol. The summed E-state index contributed by atoms with van der Waals surface area (Å²) in [5.41, 5.74) is -1.20. The third kappa shape index (κ3) is 3.29. The average Bonchev–Trinajstić information content (AvgIpc) is 2.88. The second-order valence-corrected chi connectivity index (χ2v) is 11.0. The van der Waals surface area contributed by atoms with Gasteiger partial charge in [0.2, 0.25) is 10.0 Å². The minimum Gasteiger partial charge on any atom is -0.379 e. The van der Waals surface area contributed by atoms with Gasteiger partial charge in [0.05, 0.1) is 19.0 Å². The highest BCUT2D eigenvalue weighted by Crippen LogP contribution is 2.64. The van der Waals surface area contributed by atoms with Gasteiger partial charge in [0.25, 0.3) is 0 Å². The van der Waals surface area contributed by atoms with Crippen molar-refractivity contribution in [2.75, 3.05) is 38.6 Å². The van der Waals surface area contributed by atoms with Gasteiger partial charge >= 0.3 is 0 Å². The molecule has 0 aromatic carbocycles. The van der Waals surface area contributed by atoms with E-state index < -0.39 is 15.4 Å². The van der Waals surface area contributed by atoms with E-state index >= 15 is 0 Å². The molecular weight excluding hydrogens is 340 g/mol. The van der Waals surface area contributed by atoms with Crippen molar-refractivity contribution in [3.05, 3.63) is 0 Å².